The molecule has 1 heterocycles. The molecule has 2 amide bonds. The number of aliphatic imine (C=N–C) groups is 1. The fraction of sp³-hybridized carbons (Fsp3) is 0.190. The molecule has 9 heteroatoms. The number of anilines is 1. The molecule has 3 rings (SSSR count). The van der Waals surface area contributed by atoms with Crippen molar-refractivity contribution in [2.45, 2.75) is 12.2 Å². The van der Waals surface area contributed by atoms with E-state index in [1.165, 1.54) is 12.0 Å². The molecule has 1 aliphatic heterocycles. The third kappa shape index (κ3) is 4.60. The maximum absolute atomic E-state index is 13.2. The molecule has 0 spiro atoms. The second kappa shape index (κ2) is 9.23. The topological polar surface area (TPSA) is 94.2 Å². The number of thioether (sulfide) groups is 1. The Bertz CT molecular complexity index is 1040. The second-order valence-electron chi connectivity index (χ2n) is 6.32. The first-order valence-corrected chi connectivity index (χ1v) is 10.2. The number of nitrogens with two attached hydrogens (primary N) is 1. The highest BCUT2D eigenvalue weighted by Crippen LogP contribution is 2.35. The van der Waals surface area contributed by atoms with E-state index in [0.717, 1.165) is 17.3 Å². The van der Waals surface area contributed by atoms with Gasteiger partial charge >= 0.3 is 0 Å². The molecule has 0 bridgehead atoms. The normalized spacial score (nSPS) is 15.9. The van der Waals surface area contributed by atoms with Crippen LogP contribution in [0, 0.1) is 0 Å². The van der Waals surface area contributed by atoms with E-state index in [4.69, 9.17) is 26.8 Å². The van der Waals surface area contributed by atoms with Crippen LogP contribution in [0.3, 0.4) is 0 Å². The lowest BCUT2D eigenvalue weighted by Gasteiger charge is -2.20. The van der Waals surface area contributed by atoms with Crippen LogP contribution in [0.25, 0.3) is 6.08 Å². The van der Waals surface area contributed by atoms with Crippen molar-refractivity contribution in [3.05, 3.63) is 58.7 Å². The number of carbonyl (C=O) groups excluding carboxylic acids is 2. The molecule has 2 aromatic rings. The van der Waals surface area contributed by atoms with Crippen molar-refractivity contribution in [3.8, 4) is 11.5 Å². The molecule has 0 aliphatic carbocycles. The Morgan fingerprint density at radius 2 is 1.90 bits per heavy atom. The number of hydrogen-bond donors (Lipinski definition) is 1. The fourth-order valence-corrected chi connectivity index (χ4v) is 3.74. The first-order chi connectivity index (χ1) is 14.3. The van der Waals surface area contributed by atoms with Crippen LogP contribution in [-0.4, -0.2) is 36.5 Å². The molecular formula is C21H20ClN3O4S. The number of benzene rings is 2. The van der Waals surface area contributed by atoms with Gasteiger partial charge in [-0.15, -0.1) is 0 Å². The molecule has 0 saturated carbocycles. The van der Waals surface area contributed by atoms with Gasteiger partial charge in [-0.25, -0.2) is 4.99 Å². The zero-order chi connectivity index (χ0) is 21.8. The van der Waals surface area contributed by atoms with E-state index in [1.54, 1.807) is 50.4 Å². The van der Waals surface area contributed by atoms with Crippen molar-refractivity contribution >= 4 is 52.1 Å². The molecule has 0 fully saturated rings. The summed E-state index contributed by atoms with van der Waals surface area (Å²) in [5.74, 6) is 0.285. The largest absolute Gasteiger partial charge is 0.497 e. The molecule has 0 saturated heterocycles. The third-order valence-electron chi connectivity index (χ3n) is 4.32. The summed E-state index contributed by atoms with van der Waals surface area (Å²) in [6.07, 6.45) is 1.67. The van der Waals surface area contributed by atoms with Gasteiger partial charge in [0.05, 0.1) is 30.2 Å². The lowest BCUT2D eigenvalue weighted by molar-refractivity contribution is -0.117. The summed E-state index contributed by atoms with van der Waals surface area (Å²) in [6, 6.07) is 12.2. The minimum Gasteiger partial charge on any atom is -0.497 e. The van der Waals surface area contributed by atoms with E-state index >= 15 is 0 Å². The molecular weight excluding hydrogens is 426 g/mol. The average Bonchev–Trinajstić information content (AvgIpc) is 3.03. The smallest absolute Gasteiger partial charge is 0.283 e. The Kier molecular flexibility index (Phi) is 6.69. The van der Waals surface area contributed by atoms with Crippen molar-refractivity contribution in [1.82, 2.24) is 0 Å². The van der Waals surface area contributed by atoms with E-state index in [0.29, 0.717) is 27.4 Å². The number of amidine groups is 1. The molecule has 30 heavy (non-hydrogen) atoms. The lowest BCUT2D eigenvalue weighted by Crippen LogP contribution is -2.33. The first kappa shape index (κ1) is 21.7. The van der Waals surface area contributed by atoms with E-state index in [1.807, 2.05) is 12.1 Å². The monoisotopic (exact) mass is 445 g/mol. The van der Waals surface area contributed by atoms with Gasteiger partial charge in [-0.05, 0) is 42.8 Å². The highest BCUT2D eigenvalue weighted by atomic mass is 35.5. The third-order valence-corrected chi connectivity index (χ3v) is 5.71. The number of halogens is 1. The molecule has 156 valence electrons. The zero-order valence-electron chi connectivity index (χ0n) is 16.6. The maximum atomic E-state index is 13.2. The maximum Gasteiger partial charge on any atom is 0.283 e. The molecule has 0 radical (unpaired) electrons. The Hall–Kier alpha value is -2.97. The van der Waals surface area contributed by atoms with Crippen molar-refractivity contribution in [2.24, 2.45) is 10.7 Å². The number of methoxy groups -OCH3 is 2. The van der Waals surface area contributed by atoms with E-state index in [-0.39, 0.29) is 11.6 Å². The molecule has 1 unspecified atom stereocenters. The highest BCUT2D eigenvalue weighted by Gasteiger charge is 2.34. The van der Waals surface area contributed by atoms with Crippen LogP contribution in [0.1, 0.15) is 12.5 Å². The molecule has 1 atom stereocenters. The van der Waals surface area contributed by atoms with Gasteiger partial charge in [0.2, 0.25) is 5.91 Å². The summed E-state index contributed by atoms with van der Waals surface area (Å²) in [5, 5.41) is 0.183. The number of ether oxygens (including phenoxy) is 2. The van der Waals surface area contributed by atoms with Crippen LogP contribution in [0.15, 0.2) is 53.2 Å². The van der Waals surface area contributed by atoms with Gasteiger partial charge in [0.25, 0.3) is 5.91 Å². The summed E-state index contributed by atoms with van der Waals surface area (Å²) in [5.41, 5.74) is 6.93. The standard InChI is InChI=1S/C21H20ClN3O4S/c1-12(19(23)26)30-21-24-17(10-13-4-7-15(28-2)8-5-13)20(27)25(21)14-6-9-16(22)18(11-14)29-3/h4-12H,1-3H3,(H2,23,26). The van der Waals surface area contributed by atoms with Gasteiger partial charge in [-0.3, -0.25) is 14.5 Å². The van der Waals surface area contributed by atoms with Crippen molar-refractivity contribution < 1.29 is 19.1 Å². The predicted molar refractivity (Wildman–Crippen MR) is 120 cm³/mol. The van der Waals surface area contributed by atoms with Gasteiger partial charge in [0.15, 0.2) is 5.17 Å². The van der Waals surface area contributed by atoms with E-state index in [2.05, 4.69) is 4.99 Å². The van der Waals surface area contributed by atoms with Gasteiger partial charge in [0.1, 0.15) is 17.2 Å². The number of hydrogen-bond acceptors (Lipinski definition) is 6. The SMILES string of the molecule is COc1ccc(C=C2N=C(SC(C)C(N)=O)N(c3ccc(Cl)c(OC)c3)C2=O)cc1. The molecule has 2 N–H and O–H groups in total. The summed E-state index contributed by atoms with van der Waals surface area (Å²) >= 11 is 7.22. The zero-order valence-corrected chi connectivity index (χ0v) is 18.2. The fourth-order valence-electron chi connectivity index (χ4n) is 2.66. The summed E-state index contributed by atoms with van der Waals surface area (Å²) in [7, 11) is 3.07. The number of rotatable bonds is 6. The minimum absolute atomic E-state index is 0.230. The van der Waals surface area contributed by atoms with Crippen LogP contribution in [-0.2, 0) is 9.59 Å². The minimum atomic E-state index is -0.575. The highest BCUT2D eigenvalue weighted by molar-refractivity contribution is 8.15. The second-order valence-corrected chi connectivity index (χ2v) is 8.03. The Labute approximate surface area is 183 Å². The summed E-state index contributed by atoms with van der Waals surface area (Å²) < 4.78 is 10.4. The quantitative estimate of drug-likeness (QED) is 0.684. The Balaban J connectivity index is 2.02. The number of nitrogens with zero attached hydrogens (tertiary/aromatic N) is 2. The first-order valence-electron chi connectivity index (χ1n) is 8.92. The molecule has 2 aromatic carbocycles. The Morgan fingerprint density at radius 3 is 2.50 bits per heavy atom. The summed E-state index contributed by atoms with van der Waals surface area (Å²) in [6.45, 7) is 1.66. The number of carbonyl (C=O) groups is 2. The van der Waals surface area contributed by atoms with Gasteiger partial charge < -0.3 is 15.2 Å². The van der Waals surface area contributed by atoms with Crippen molar-refractivity contribution in [1.29, 1.82) is 0 Å². The van der Waals surface area contributed by atoms with Gasteiger partial charge in [0, 0.05) is 6.07 Å². The lowest BCUT2D eigenvalue weighted by atomic mass is 10.2. The van der Waals surface area contributed by atoms with Crippen molar-refractivity contribution in [3.63, 3.8) is 0 Å². The van der Waals surface area contributed by atoms with Crippen LogP contribution in [0.2, 0.25) is 5.02 Å². The van der Waals surface area contributed by atoms with Crippen LogP contribution >= 0.6 is 23.4 Å². The van der Waals surface area contributed by atoms with Crippen LogP contribution < -0.4 is 20.1 Å². The number of amides is 2. The number of primary amides is 1. The van der Waals surface area contributed by atoms with Gasteiger partial charge in [-0.2, -0.15) is 0 Å². The molecule has 0 aromatic heterocycles. The van der Waals surface area contributed by atoms with Crippen molar-refractivity contribution in [2.75, 3.05) is 19.1 Å². The Morgan fingerprint density at radius 1 is 1.20 bits per heavy atom. The average molecular weight is 446 g/mol. The predicted octanol–water partition coefficient (Wildman–Crippen LogP) is 3.71. The molecule has 7 nitrogen and oxygen atoms in total. The van der Waals surface area contributed by atoms with E-state index < -0.39 is 11.2 Å². The molecule has 1 aliphatic rings. The van der Waals surface area contributed by atoms with Crippen LogP contribution in [0.4, 0.5) is 5.69 Å². The van der Waals surface area contributed by atoms with E-state index in [9.17, 15) is 9.59 Å². The van der Waals surface area contributed by atoms with Crippen LogP contribution in [0.5, 0.6) is 11.5 Å². The summed E-state index contributed by atoms with van der Waals surface area (Å²) in [4.78, 5) is 30.6. The van der Waals surface area contributed by atoms with Gasteiger partial charge in [-0.1, -0.05) is 35.5 Å².